The summed E-state index contributed by atoms with van der Waals surface area (Å²) in [5.41, 5.74) is 0.683. The number of ether oxygens (including phenoxy) is 2. The molecule has 0 aliphatic carbocycles. The smallest absolute Gasteiger partial charge is 0.204 e. The molecule has 0 aromatic heterocycles. The van der Waals surface area contributed by atoms with Crippen LogP contribution in [0.3, 0.4) is 0 Å². The maximum atomic E-state index is 13.9. The van der Waals surface area contributed by atoms with Gasteiger partial charge in [-0.05, 0) is 29.7 Å². The number of aromatic hydroxyl groups is 1. The van der Waals surface area contributed by atoms with Gasteiger partial charge in [0, 0.05) is 11.6 Å². The molecule has 3 nitrogen and oxygen atoms in total. The highest BCUT2D eigenvalue weighted by Crippen LogP contribution is 2.27. The standard InChI is InChI=1S/C20H19F3O3.C4H8/c1-12(11-26-18-9-8-17(24)19(22)20(18)23)6-7-13(2)15(4)16(21)10-14(3)25-5;1-3-4-2/h6-10,24H,1-4,11H2,5H3;3H,1,4H2,2H3/b7-6-,16-10+;. The van der Waals surface area contributed by atoms with E-state index in [0.29, 0.717) is 5.57 Å². The number of hydrogen-bond donors (Lipinski definition) is 1. The normalized spacial score (nSPS) is 10.6. The minimum Gasteiger partial charge on any atom is -0.505 e. The fraction of sp³-hybridized carbons (Fsp3) is 0.167. The number of hydrogen-bond acceptors (Lipinski definition) is 3. The fourth-order valence-corrected chi connectivity index (χ4v) is 1.61. The third-order valence-corrected chi connectivity index (χ3v) is 3.47. The third kappa shape index (κ3) is 9.19. The summed E-state index contributed by atoms with van der Waals surface area (Å²) in [5.74, 6) is -4.41. The first-order valence-corrected chi connectivity index (χ1v) is 8.84. The molecule has 1 aromatic rings. The van der Waals surface area contributed by atoms with E-state index in [0.717, 1.165) is 24.6 Å². The molecule has 0 saturated carbocycles. The quantitative estimate of drug-likeness (QED) is 0.255. The van der Waals surface area contributed by atoms with Crippen LogP contribution in [0.1, 0.15) is 13.3 Å². The van der Waals surface area contributed by atoms with E-state index in [1.165, 1.54) is 19.3 Å². The predicted octanol–water partition coefficient (Wildman–Crippen LogP) is 6.87. The van der Waals surface area contributed by atoms with Gasteiger partial charge in [0.2, 0.25) is 11.6 Å². The average Bonchev–Trinajstić information content (AvgIpc) is 2.74. The minimum absolute atomic E-state index is 0.0276. The highest BCUT2D eigenvalue weighted by molar-refractivity contribution is 5.48. The lowest BCUT2D eigenvalue weighted by Gasteiger charge is -2.08. The van der Waals surface area contributed by atoms with E-state index >= 15 is 0 Å². The van der Waals surface area contributed by atoms with Gasteiger partial charge in [-0.3, -0.25) is 0 Å². The third-order valence-electron chi connectivity index (χ3n) is 3.47. The highest BCUT2D eigenvalue weighted by atomic mass is 19.2. The Labute approximate surface area is 176 Å². The molecule has 0 atom stereocenters. The van der Waals surface area contributed by atoms with E-state index in [1.807, 2.05) is 6.08 Å². The molecule has 0 saturated heterocycles. The SMILES string of the molecule is C=C(/C=C\C(=C)C(=C)/C(F)=C\C(=C)OC)COc1ccc(O)c(F)c1F.C=CCC. The molecule has 1 N–H and O–H groups in total. The van der Waals surface area contributed by atoms with E-state index in [9.17, 15) is 13.2 Å². The van der Waals surface area contributed by atoms with Crippen molar-refractivity contribution in [2.75, 3.05) is 13.7 Å². The Balaban J connectivity index is 0.00000192. The Morgan fingerprint density at radius 1 is 1.10 bits per heavy atom. The van der Waals surface area contributed by atoms with Gasteiger partial charge in [-0.25, -0.2) is 4.39 Å². The van der Waals surface area contributed by atoms with Crippen LogP contribution < -0.4 is 4.74 Å². The molecule has 0 heterocycles. The number of rotatable bonds is 10. The number of phenolic OH excluding ortho intramolecular Hbond substituents is 1. The second kappa shape index (κ2) is 13.7. The first-order valence-electron chi connectivity index (χ1n) is 8.84. The average molecular weight is 420 g/mol. The van der Waals surface area contributed by atoms with E-state index < -0.39 is 23.2 Å². The molecule has 0 aliphatic heterocycles. The van der Waals surface area contributed by atoms with Crippen molar-refractivity contribution >= 4 is 0 Å². The van der Waals surface area contributed by atoms with E-state index in [1.54, 1.807) is 0 Å². The summed E-state index contributed by atoms with van der Waals surface area (Å²) in [7, 11) is 1.36. The molecule has 0 spiro atoms. The Kier molecular flexibility index (Phi) is 12.2. The molecule has 0 aliphatic rings. The number of phenols is 1. The largest absolute Gasteiger partial charge is 0.505 e. The van der Waals surface area contributed by atoms with Crippen LogP contribution in [0, 0.1) is 11.6 Å². The number of benzene rings is 1. The predicted molar refractivity (Wildman–Crippen MR) is 116 cm³/mol. The Bertz CT molecular complexity index is 865. The summed E-state index contributed by atoms with van der Waals surface area (Å²) >= 11 is 0. The van der Waals surface area contributed by atoms with Crippen molar-refractivity contribution in [2.45, 2.75) is 13.3 Å². The molecule has 162 valence electrons. The summed E-state index contributed by atoms with van der Waals surface area (Å²) in [4.78, 5) is 0. The zero-order valence-corrected chi connectivity index (χ0v) is 17.3. The molecule has 30 heavy (non-hydrogen) atoms. The number of methoxy groups -OCH3 is 1. The Morgan fingerprint density at radius 2 is 1.70 bits per heavy atom. The number of halogens is 3. The Hall–Kier alpha value is -3.41. The second-order valence-corrected chi connectivity index (χ2v) is 5.85. The van der Waals surface area contributed by atoms with Crippen molar-refractivity contribution in [3.8, 4) is 11.5 Å². The van der Waals surface area contributed by atoms with Crippen LogP contribution in [0.25, 0.3) is 0 Å². The van der Waals surface area contributed by atoms with Crippen LogP contribution in [0.15, 0.2) is 97.6 Å². The van der Waals surface area contributed by atoms with Gasteiger partial charge in [0.25, 0.3) is 0 Å². The van der Waals surface area contributed by atoms with Crippen molar-refractivity contribution in [3.05, 3.63) is 109 Å². The van der Waals surface area contributed by atoms with Gasteiger partial charge < -0.3 is 14.6 Å². The maximum Gasteiger partial charge on any atom is 0.204 e. The maximum absolute atomic E-state index is 13.9. The van der Waals surface area contributed by atoms with E-state index in [2.05, 4.69) is 39.8 Å². The van der Waals surface area contributed by atoms with Crippen LogP contribution in [0.2, 0.25) is 0 Å². The summed E-state index contributed by atoms with van der Waals surface area (Å²) in [6, 6.07) is 2.07. The summed E-state index contributed by atoms with van der Waals surface area (Å²) in [6.45, 7) is 19.8. The molecule has 6 heteroatoms. The van der Waals surface area contributed by atoms with Crippen molar-refractivity contribution < 1.29 is 27.8 Å². The first-order chi connectivity index (χ1) is 14.1. The van der Waals surface area contributed by atoms with Gasteiger partial charge in [0.1, 0.15) is 18.2 Å². The second-order valence-electron chi connectivity index (χ2n) is 5.85. The molecule has 1 rings (SSSR count). The molecule has 0 bridgehead atoms. The summed E-state index contributed by atoms with van der Waals surface area (Å²) in [6.07, 6.45) is 6.95. The monoisotopic (exact) mass is 420 g/mol. The van der Waals surface area contributed by atoms with E-state index in [4.69, 9.17) is 14.6 Å². The summed E-state index contributed by atoms with van der Waals surface area (Å²) in [5, 5.41) is 9.05. The van der Waals surface area contributed by atoms with Crippen LogP contribution in [-0.2, 0) is 4.74 Å². The van der Waals surface area contributed by atoms with Gasteiger partial charge in [-0.2, -0.15) is 8.78 Å². The van der Waals surface area contributed by atoms with Crippen LogP contribution in [0.5, 0.6) is 11.5 Å². The lowest BCUT2D eigenvalue weighted by molar-refractivity contribution is 0.307. The molecule has 0 fully saturated rings. The lowest BCUT2D eigenvalue weighted by Crippen LogP contribution is -2.01. The Morgan fingerprint density at radius 3 is 2.23 bits per heavy atom. The van der Waals surface area contributed by atoms with Gasteiger partial charge in [0.05, 0.1) is 7.11 Å². The van der Waals surface area contributed by atoms with Gasteiger partial charge in [0.15, 0.2) is 11.5 Å². The van der Waals surface area contributed by atoms with Crippen molar-refractivity contribution in [1.29, 1.82) is 0 Å². The fourth-order valence-electron chi connectivity index (χ4n) is 1.61. The zero-order chi connectivity index (χ0) is 23.3. The zero-order valence-electron chi connectivity index (χ0n) is 17.3. The molecule has 0 radical (unpaired) electrons. The number of allylic oxidation sites excluding steroid dienone is 6. The van der Waals surface area contributed by atoms with E-state index in [-0.39, 0.29) is 29.3 Å². The van der Waals surface area contributed by atoms with Crippen LogP contribution in [0.4, 0.5) is 13.2 Å². The molecular weight excluding hydrogens is 393 g/mol. The van der Waals surface area contributed by atoms with Gasteiger partial charge >= 0.3 is 0 Å². The van der Waals surface area contributed by atoms with Crippen molar-refractivity contribution in [3.63, 3.8) is 0 Å². The molecule has 1 aromatic carbocycles. The summed E-state index contributed by atoms with van der Waals surface area (Å²) < 4.78 is 50.5. The topological polar surface area (TPSA) is 38.7 Å². The highest BCUT2D eigenvalue weighted by Gasteiger charge is 2.13. The van der Waals surface area contributed by atoms with Crippen molar-refractivity contribution in [2.24, 2.45) is 0 Å². The first kappa shape index (κ1) is 26.6. The van der Waals surface area contributed by atoms with Crippen LogP contribution in [-0.4, -0.2) is 18.8 Å². The minimum atomic E-state index is -1.40. The van der Waals surface area contributed by atoms with Crippen molar-refractivity contribution in [1.82, 2.24) is 0 Å². The molecule has 0 amide bonds. The van der Waals surface area contributed by atoms with Gasteiger partial charge in [-0.15, -0.1) is 6.58 Å². The van der Waals surface area contributed by atoms with Crippen LogP contribution >= 0.6 is 0 Å². The lowest BCUT2D eigenvalue weighted by atomic mass is 10.1. The molecule has 0 unspecified atom stereocenters. The molecular formula is C24H27F3O3. The van der Waals surface area contributed by atoms with Gasteiger partial charge in [-0.1, -0.05) is 51.5 Å².